The highest BCUT2D eigenvalue weighted by Gasteiger charge is 2.16. The standard InChI is InChI=1S/C14H14N2O7S/c1-8(17)16-11-7-9-6-10(2-3-12(9)23-14(11)20)24(21,22)15-5-4-13(18)19/h2-3,6-7,15H,4-5H2,1H3,(H,16,17)(H,18,19). The number of sulfonamides is 1. The van der Waals surface area contributed by atoms with Crippen LogP contribution in [0.5, 0.6) is 0 Å². The zero-order valence-corrected chi connectivity index (χ0v) is 13.3. The molecule has 1 heterocycles. The summed E-state index contributed by atoms with van der Waals surface area (Å²) in [5.74, 6) is -1.60. The van der Waals surface area contributed by atoms with Gasteiger partial charge >= 0.3 is 11.6 Å². The van der Waals surface area contributed by atoms with Crippen molar-refractivity contribution in [3.05, 3.63) is 34.7 Å². The van der Waals surface area contributed by atoms with E-state index >= 15 is 0 Å². The molecule has 1 aromatic heterocycles. The number of carbonyl (C=O) groups is 2. The molecule has 0 atom stereocenters. The van der Waals surface area contributed by atoms with Crippen LogP contribution in [-0.4, -0.2) is 31.9 Å². The highest BCUT2D eigenvalue weighted by atomic mass is 32.2. The Bertz CT molecular complexity index is 963. The molecule has 0 spiro atoms. The van der Waals surface area contributed by atoms with Crippen LogP contribution >= 0.6 is 0 Å². The van der Waals surface area contributed by atoms with Gasteiger partial charge in [0.05, 0.1) is 11.3 Å². The number of hydrogen-bond donors (Lipinski definition) is 3. The molecule has 0 aliphatic carbocycles. The Morgan fingerprint density at radius 3 is 2.58 bits per heavy atom. The molecule has 2 aromatic rings. The van der Waals surface area contributed by atoms with Crippen molar-refractivity contribution in [2.75, 3.05) is 11.9 Å². The lowest BCUT2D eigenvalue weighted by Crippen LogP contribution is -2.26. The van der Waals surface area contributed by atoms with Crippen molar-refractivity contribution in [3.8, 4) is 0 Å². The third-order valence-corrected chi connectivity index (χ3v) is 4.41. The predicted molar refractivity (Wildman–Crippen MR) is 84.2 cm³/mol. The Balaban J connectivity index is 2.39. The van der Waals surface area contributed by atoms with E-state index in [9.17, 15) is 22.8 Å². The summed E-state index contributed by atoms with van der Waals surface area (Å²) in [4.78, 5) is 33.1. The van der Waals surface area contributed by atoms with Crippen molar-refractivity contribution in [2.24, 2.45) is 0 Å². The normalized spacial score (nSPS) is 11.4. The largest absolute Gasteiger partial charge is 0.481 e. The molecular formula is C14H14N2O7S. The van der Waals surface area contributed by atoms with Gasteiger partial charge in [0.25, 0.3) is 0 Å². The summed E-state index contributed by atoms with van der Waals surface area (Å²) in [5.41, 5.74) is -0.713. The molecule has 10 heteroatoms. The quantitative estimate of drug-likeness (QED) is 0.641. The van der Waals surface area contributed by atoms with Crippen LogP contribution < -0.4 is 15.7 Å². The molecule has 1 aromatic carbocycles. The molecule has 9 nitrogen and oxygen atoms in total. The van der Waals surface area contributed by atoms with Gasteiger partial charge in [0.1, 0.15) is 11.3 Å². The summed E-state index contributed by atoms with van der Waals surface area (Å²) in [6.45, 7) is 0.966. The molecule has 2 rings (SSSR count). The average Bonchev–Trinajstić information content (AvgIpc) is 2.46. The van der Waals surface area contributed by atoms with Crippen molar-refractivity contribution in [2.45, 2.75) is 18.2 Å². The summed E-state index contributed by atoms with van der Waals surface area (Å²) in [6.07, 6.45) is -0.353. The van der Waals surface area contributed by atoms with Crippen LogP contribution in [-0.2, 0) is 19.6 Å². The van der Waals surface area contributed by atoms with Crippen LogP contribution in [0.2, 0.25) is 0 Å². The van der Waals surface area contributed by atoms with Gasteiger partial charge in [0.15, 0.2) is 0 Å². The van der Waals surface area contributed by atoms with E-state index in [0.29, 0.717) is 5.39 Å². The van der Waals surface area contributed by atoms with E-state index in [-0.39, 0.29) is 29.1 Å². The Morgan fingerprint density at radius 2 is 1.96 bits per heavy atom. The third kappa shape index (κ3) is 4.18. The van der Waals surface area contributed by atoms with Crippen molar-refractivity contribution in [3.63, 3.8) is 0 Å². The van der Waals surface area contributed by atoms with Gasteiger partial charge in [-0.2, -0.15) is 0 Å². The first-order chi connectivity index (χ1) is 11.2. The van der Waals surface area contributed by atoms with Gasteiger partial charge in [-0.3, -0.25) is 9.59 Å². The minimum atomic E-state index is -3.91. The van der Waals surface area contributed by atoms with Gasteiger partial charge in [0, 0.05) is 18.9 Å². The highest BCUT2D eigenvalue weighted by Crippen LogP contribution is 2.20. The summed E-state index contributed by atoms with van der Waals surface area (Å²) >= 11 is 0. The summed E-state index contributed by atoms with van der Waals surface area (Å²) < 4.78 is 31.4. The van der Waals surface area contributed by atoms with Crippen LogP contribution in [0.15, 0.2) is 38.4 Å². The fourth-order valence-electron chi connectivity index (χ4n) is 1.92. The van der Waals surface area contributed by atoms with Crippen LogP contribution in [0.4, 0.5) is 5.69 Å². The Kier molecular flexibility index (Phi) is 5.00. The first-order valence-electron chi connectivity index (χ1n) is 6.76. The van der Waals surface area contributed by atoms with Crippen molar-refractivity contribution in [1.29, 1.82) is 0 Å². The second-order valence-electron chi connectivity index (χ2n) is 4.87. The number of anilines is 1. The molecule has 0 fully saturated rings. The molecular weight excluding hydrogens is 340 g/mol. The number of rotatable bonds is 6. The molecule has 0 unspecified atom stereocenters. The lowest BCUT2D eigenvalue weighted by Gasteiger charge is -2.07. The van der Waals surface area contributed by atoms with E-state index < -0.39 is 27.5 Å². The second-order valence-corrected chi connectivity index (χ2v) is 6.64. The van der Waals surface area contributed by atoms with Crippen molar-refractivity contribution in [1.82, 2.24) is 4.72 Å². The third-order valence-electron chi connectivity index (χ3n) is 2.96. The van der Waals surface area contributed by atoms with Gasteiger partial charge in [-0.1, -0.05) is 0 Å². The molecule has 0 aliphatic heterocycles. The highest BCUT2D eigenvalue weighted by molar-refractivity contribution is 7.89. The lowest BCUT2D eigenvalue weighted by molar-refractivity contribution is -0.136. The van der Waals surface area contributed by atoms with E-state index in [0.717, 1.165) is 0 Å². The van der Waals surface area contributed by atoms with E-state index in [1.165, 1.54) is 31.2 Å². The Labute approximate surface area is 136 Å². The zero-order chi connectivity index (χ0) is 17.9. The van der Waals surface area contributed by atoms with E-state index in [1.807, 2.05) is 0 Å². The second kappa shape index (κ2) is 6.81. The molecule has 0 radical (unpaired) electrons. The molecule has 128 valence electrons. The SMILES string of the molecule is CC(=O)Nc1cc2cc(S(=O)(=O)NCCC(=O)O)ccc2oc1=O. The van der Waals surface area contributed by atoms with Gasteiger partial charge in [-0.15, -0.1) is 0 Å². The zero-order valence-electron chi connectivity index (χ0n) is 12.5. The molecule has 0 saturated carbocycles. The number of carbonyl (C=O) groups excluding carboxylic acids is 1. The monoisotopic (exact) mass is 354 g/mol. The van der Waals surface area contributed by atoms with Crippen LogP contribution in [0.3, 0.4) is 0 Å². The topological polar surface area (TPSA) is 143 Å². The fourth-order valence-corrected chi connectivity index (χ4v) is 2.99. The first kappa shape index (κ1) is 17.6. The maximum atomic E-state index is 12.1. The number of hydrogen-bond acceptors (Lipinski definition) is 6. The number of nitrogens with one attached hydrogen (secondary N) is 2. The van der Waals surface area contributed by atoms with E-state index in [1.54, 1.807) is 0 Å². The van der Waals surface area contributed by atoms with Crippen LogP contribution in [0.25, 0.3) is 11.0 Å². The fraction of sp³-hybridized carbons (Fsp3) is 0.214. The molecule has 1 amide bonds. The average molecular weight is 354 g/mol. The van der Waals surface area contributed by atoms with E-state index in [4.69, 9.17) is 9.52 Å². The molecule has 3 N–H and O–H groups in total. The number of benzene rings is 1. The van der Waals surface area contributed by atoms with Gasteiger partial charge in [-0.25, -0.2) is 17.9 Å². The number of carboxylic acids is 1. The van der Waals surface area contributed by atoms with Gasteiger partial charge in [0.2, 0.25) is 15.9 Å². The van der Waals surface area contributed by atoms with Crippen molar-refractivity contribution >= 4 is 38.6 Å². The summed E-state index contributed by atoms with van der Waals surface area (Å²) in [7, 11) is -3.91. The first-order valence-corrected chi connectivity index (χ1v) is 8.24. The van der Waals surface area contributed by atoms with Gasteiger partial charge < -0.3 is 14.8 Å². The number of fused-ring (bicyclic) bond motifs is 1. The summed E-state index contributed by atoms with van der Waals surface area (Å²) in [6, 6.07) is 5.10. The number of carboxylic acid groups (broad SMARTS) is 1. The maximum Gasteiger partial charge on any atom is 0.360 e. The molecule has 0 aliphatic rings. The lowest BCUT2D eigenvalue weighted by atomic mass is 10.2. The molecule has 0 bridgehead atoms. The molecule has 24 heavy (non-hydrogen) atoms. The summed E-state index contributed by atoms with van der Waals surface area (Å²) in [5, 5.41) is 11.1. The predicted octanol–water partition coefficient (Wildman–Crippen LogP) is 0.504. The minimum absolute atomic E-state index is 0.108. The van der Waals surface area contributed by atoms with Crippen molar-refractivity contribution < 1.29 is 27.5 Å². The Hall–Kier alpha value is -2.72. The van der Waals surface area contributed by atoms with Gasteiger partial charge in [-0.05, 0) is 24.3 Å². The number of aliphatic carboxylic acids is 1. The maximum absolute atomic E-state index is 12.1. The van der Waals surface area contributed by atoms with E-state index in [2.05, 4.69) is 10.0 Å². The van der Waals surface area contributed by atoms with Crippen LogP contribution in [0.1, 0.15) is 13.3 Å². The Morgan fingerprint density at radius 1 is 1.25 bits per heavy atom. The smallest absolute Gasteiger partial charge is 0.360 e. The number of amides is 1. The minimum Gasteiger partial charge on any atom is -0.481 e. The molecule has 0 saturated heterocycles. The van der Waals surface area contributed by atoms with Crippen LogP contribution in [0, 0.1) is 0 Å².